The molecule has 2 aromatic carbocycles. The molecule has 0 aliphatic heterocycles. The Morgan fingerprint density at radius 1 is 1.00 bits per heavy atom. The summed E-state index contributed by atoms with van der Waals surface area (Å²) in [5, 5.41) is 9.55. The molecule has 0 unspecified atom stereocenters. The second kappa shape index (κ2) is 6.57. The molecule has 1 N–H and O–H groups in total. The number of allylic oxidation sites excluding steroid dienone is 1. The summed E-state index contributed by atoms with van der Waals surface area (Å²) in [5.41, 5.74) is 1.28. The van der Waals surface area contributed by atoms with Gasteiger partial charge < -0.3 is 5.11 Å². The van der Waals surface area contributed by atoms with Gasteiger partial charge in [-0.05, 0) is 42.0 Å². The Morgan fingerprint density at radius 2 is 1.67 bits per heavy atom. The zero-order valence-electron chi connectivity index (χ0n) is 10.7. The van der Waals surface area contributed by atoms with E-state index in [1.54, 1.807) is 30.3 Å². The van der Waals surface area contributed by atoms with Gasteiger partial charge in [-0.2, -0.15) is 0 Å². The number of ketones is 1. The highest BCUT2D eigenvalue weighted by molar-refractivity contribution is 6.37. The van der Waals surface area contributed by atoms with E-state index >= 15 is 0 Å². The topological polar surface area (TPSA) is 54.4 Å². The molecule has 0 saturated carbocycles. The average Bonchev–Trinajstić information content (AvgIpc) is 2.45. The number of benzene rings is 2. The van der Waals surface area contributed by atoms with Crippen LogP contribution in [0.3, 0.4) is 0 Å². The van der Waals surface area contributed by atoms with Crippen molar-refractivity contribution in [2.75, 3.05) is 0 Å². The molecule has 5 heteroatoms. The number of carbonyl (C=O) groups excluding carboxylic acids is 1. The molecule has 0 radical (unpaired) electrons. The minimum Gasteiger partial charge on any atom is -0.478 e. The molecule has 0 heterocycles. The maximum Gasteiger partial charge on any atom is 0.335 e. The van der Waals surface area contributed by atoms with Crippen LogP contribution in [0.25, 0.3) is 6.08 Å². The predicted molar refractivity (Wildman–Crippen MR) is 83.2 cm³/mol. The molecule has 3 nitrogen and oxygen atoms in total. The molecule has 0 amide bonds. The molecule has 21 heavy (non-hydrogen) atoms. The second-order valence-electron chi connectivity index (χ2n) is 4.25. The molecule has 0 aromatic heterocycles. The molecule has 106 valence electrons. The molecule has 0 bridgehead atoms. The van der Waals surface area contributed by atoms with E-state index < -0.39 is 5.97 Å². The molecular formula is C16H10Cl2O3. The van der Waals surface area contributed by atoms with Crippen LogP contribution in [-0.4, -0.2) is 16.9 Å². The van der Waals surface area contributed by atoms with Crippen LogP contribution in [0.2, 0.25) is 10.0 Å². The van der Waals surface area contributed by atoms with Gasteiger partial charge in [0.05, 0.1) is 10.6 Å². The number of halogens is 2. The third-order valence-corrected chi connectivity index (χ3v) is 3.33. The maximum absolute atomic E-state index is 12.0. The van der Waals surface area contributed by atoms with Crippen molar-refractivity contribution >= 4 is 41.0 Å². The summed E-state index contributed by atoms with van der Waals surface area (Å²) in [6.45, 7) is 0. The van der Waals surface area contributed by atoms with Gasteiger partial charge in [0.2, 0.25) is 0 Å². The van der Waals surface area contributed by atoms with Crippen molar-refractivity contribution in [1.29, 1.82) is 0 Å². The fourth-order valence-corrected chi connectivity index (χ4v) is 2.19. The van der Waals surface area contributed by atoms with Crippen LogP contribution in [0.1, 0.15) is 26.3 Å². The molecule has 0 atom stereocenters. The first kappa shape index (κ1) is 15.3. The number of carboxylic acid groups (broad SMARTS) is 1. The van der Waals surface area contributed by atoms with Crippen molar-refractivity contribution < 1.29 is 14.7 Å². The Hall–Kier alpha value is -2.10. The number of rotatable bonds is 4. The Bertz CT molecular complexity index is 719. The summed E-state index contributed by atoms with van der Waals surface area (Å²) in [5.74, 6) is -1.24. The quantitative estimate of drug-likeness (QED) is 0.662. The molecule has 0 aliphatic rings. The van der Waals surface area contributed by atoms with E-state index in [1.807, 2.05) is 0 Å². The molecule has 0 saturated heterocycles. The van der Waals surface area contributed by atoms with Gasteiger partial charge in [-0.15, -0.1) is 0 Å². The van der Waals surface area contributed by atoms with E-state index in [0.717, 1.165) is 5.56 Å². The van der Waals surface area contributed by atoms with Gasteiger partial charge in [-0.3, -0.25) is 4.79 Å². The number of carbonyl (C=O) groups is 2. The zero-order chi connectivity index (χ0) is 15.4. The first-order chi connectivity index (χ1) is 9.97. The predicted octanol–water partition coefficient (Wildman–Crippen LogP) is 4.59. The summed E-state index contributed by atoms with van der Waals surface area (Å²) in [6.07, 6.45) is 2.98. The van der Waals surface area contributed by atoms with Gasteiger partial charge in [0.25, 0.3) is 0 Å². The van der Waals surface area contributed by atoms with Crippen molar-refractivity contribution in [3.05, 3.63) is 75.3 Å². The lowest BCUT2D eigenvalue weighted by atomic mass is 10.1. The largest absolute Gasteiger partial charge is 0.478 e. The molecule has 2 rings (SSSR count). The van der Waals surface area contributed by atoms with E-state index in [-0.39, 0.29) is 11.3 Å². The summed E-state index contributed by atoms with van der Waals surface area (Å²) < 4.78 is 0. The number of hydrogen-bond acceptors (Lipinski definition) is 2. The third kappa shape index (κ3) is 3.94. The summed E-state index contributed by atoms with van der Waals surface area (Å²) in [6, 6.07) is 10.9. The molecule has 0 spiro atoms. The van der Waals surface area contributed by atoms with Crippen LogP contribution in [0.4, 0.5) is 0 Å². The lowest BCUT2D eigenvalue weighted by Gasteiger charge is -2.00. The van der Waals surface area contributed by atoms with Crippen LogP contribution in [0, 0.1) is 0 Å². The highest BCUT2D eigenvalue weighted by atomic mass is 35.5. The zero-order valence-corrected chi connectivity index (χ0v) is 12.2. The fourth-order valence-electron chi connectivity index (χ4n) is 1.69. The minimum absolute atomic E-state index is 0.194. The first-order valence-electron chi connectivity index (χ1n) is 5.98. The fraction of sp³-hybridized carbons (Fsp3) is 0. The van der Waals surface area contributed by atoms with E-state index in [1.165, 1.54) is 24.3 Å². The third-order valence-electron chi connectivity index (χ3n) is 2.78. The highest BCUT2D eigenvalue weighted by Gasteiger charge is 2.07. The van der Waals surface area contributed by atoms with Gasteiger partial charge in [0, 0.05) is 10.6 Å². The standard InChI is InChI=1S/C16H10Cl2O3/c17-12-6-7-13(14(18)9-12)15(19)8-3-10-1-4-11(5-2-10)16(20)21/h1-9H,(H,20,21). The number of hydrogen-bond donors (Lipinski definition) is 1. The molecule has 2 aromatic rings. The average molecular weight is 321 g/mol. The molecule has 0 aliphatic carbocycles. The lowest BCUT2D eigenvalue weighted by Crippen LogP contribution is -1.96. The number of carboxylic acids is 1. The van der Waals surface area contributed by atoms with Crippen molar-refractivity contribution in [3.8, 4) is 0 Å². The van der Waals surface area contributed by atoms with Crippen molar-refractivity contribution in [1.82, 2.24) is 0 Å². The molecular weight excluding hydrogens is 311 g/mol. The van der Waals surface area contributed by atoms with Crippen molar-refractivity contribution in [2.45, 2.75) is 0 Å². The van der Waals surface area contributed by atoms with Crippen LogP contribution in [-0.2, 0) is 0 Å². The number of aromatic carboxylic acids is 1. The highest BCUT2D eigenvalue weighted by Crippen LogP contribution is 2.22. The van der Waals surface area contributed by atoms with E-state index in [9.17, 15) is 9.59 Å². The van der Waals surface area contributed by atoms with Crippen LogP contribution in [0.15, 0.2) is 48.5 Å². The van der Waals surface area contributed by atoms with Gasteiger partial charge in [-0.1, -0.05) is 41.4 Å². The minimum atomic E-state index is -0.991. The van der Waals surface area contributed by atoms with Gasteiger partial charge in [0.15, 0.2) is 5.78 Å². The van der Waals surface area contributed by atoms with E-state index in [2.05, 4.69) is 0 Å². The Balaban J connectivity index is 2.16. The van der Waals surface area contributed by atoms with Gasteiger partial charge >= 0.3 is 5.97 Å². The summed E-state index contributed by atoms with van der Waals surface area (Å²) in [7, 11) is 0. The SMILES string of the molecule is O=C(O)c1ccc(C=CC(=O)c2ccc(Cl)cc2Cl)cc1. The van der Waals surface area contributed by atoms with Crippen LogP contribution >= 0.6 is 23.2 Å². The van der Waals surface area contributed by atoms with Gasteiger partial charge in [-0.25, -0.2) is 4.79 Å². The summed E-state index contributed by atoms with van der Waals surface area (Å²) in [4.78, 5) is 22.7. The lowest BCUT2D eigenvalue weighted by molar-refractivity contribution is 0.0696. The molecule has 0 fully saturated rings. The van der Waals surface area contributed by atoms with E-state index in [0.29, 0.717) is 15.6 Å². The smallest absolute Gasteiger partial charge is 0.335 e. The van der Waals surface area contributed by atoms with Crippen molar-refractivity contribution in [3.63, 3.8) is 0 Å². The Morgan fingerprint density at radius 3 is 2.24 bits per heavy atom. The van der Waals surface area contributed by atoms with Gasteiger partial charge in [0.1, 0.15) is 0 Å². The van der Waals surface area contributed by atoms with Crippen LogP contribution < -0.4 is 0 Å². The normalized spacial score (nSPS) is 10.8. The maximum atomic E-state index is 12.0. The first-order valence-corrected chi connectivity index (χ1v) is 6.74. The van der Waals surface area contributed by atoms with Crippen molar-refractivity contribution in [2.24, 2.45) is 0 Å². The Labute approximate surface area is 131 Å². The van der Waals surface area contributed by atoms with E-state index in [4.69, 9.17) is 28.3 Å². The van der Waals surface area contributed by atoms with Crippen LogP contribution in [0.5, 0.6) is 0 Å². The monoisotopic (exact) mass is 320 g/mol. The second-order valence-corrected chi connectivity index (χ2v) is 5.09. The summed E-state index contributed by atoms with van der Waals surface area (Å²) >= 11 is 11.7. The Kier molecular flexibility index (Phi) is 4.78.